The van der Waals surface area contributed by atoms with Crippen molar-refractivity contribution in [2.24, 2.45) is 5.41 Å². The molecule has 3 fully saturated rings. The average Bonchev–Trinajstić information content (AvgIpc) is 3.90. The molecule has 7 rings (SSSR count). The number of anilines is 1. The first-order chi connectivity index (χ1) is 23.3. The van der Waals surface area contributed by atoms with Gasteiger partial charge in [0.2, 0.25) is 5.91 Å². The van der Waals surface area contributed by atoms with Crippen molar-refractivity contribution >= 4 is 22.5 Å². The van der Waals surface area contributed by atoms with Gasteiger partial charge in [0.15, 0.2) is 0 Å². The molecule has 2 aromatic carbocycles. The van der Waals surface area contributed by atoms with E-state index in [1.165, 1.54) is 12.1 Å². The highest BCUT2D eigenvalue weighted by molar-refractivity contribution is 5.93. The van der Waals surface area contributed by atoms with Crippen LogP contribution in [0.15, 0.2) is 36.9 Å². The highest BCUT2D eigenvalue weighted by Crippen LogP contribution is 2.47. The molecule has 48 heavy (non-hydrogen) atoms. The highest BCUT2D eigenvalue weighted by Gasteiger charge is 2.45. The quantitative estimate of drug-likeness (QED) is 0.262. The first kappa shape index (κ1) is 32.3. The zero-order valence-electron chi connectivity index (χ0n) is 26.9. The third-order valence-corrected chi connectivity index (χ3v) is 9.66. The molecule has 11 nitrogen and oxygen atoms in total. The van der Waals surface area contributed by atoms with E-state index < -0.39 is 11.9 Å². The smallest absolute Gasteiger partial charge is 0.318 e. The van der Waals surface area contributed by atoms with Crippen LogP contribution in [-0.4, -0.2) is 97.7 Å². The van der Waals surface area contributed by atoms with E-state index in [-0.39, 0.29) is 41.3 Å². The molecule has 1 unspecified atom stereocenters. The summed E-state index contributed by atoms with van der Waals surface area (Å²) in [5.41, 5.74) is 2.29. The Morgan fingerprint density at radius 1 is 1.21 bits per heavy atom. The summed E-state index contributed by atoms with van der Waals surface area (Å²) in [7, 11) is 0. The lowest BCUT2D eigenvalue weighted by molar-refractivity contribution is -0.117. The Hall–Kier alpha value is -4.28. The molecule has 12 heteroatoms. The summed E-state index contributed by atoms with van der Waals surface area (Å²) in [5, 5.41) is 14.7. The lowest BCUT2D eigenvalue weighted by Gasteiger charge is -2.32. The SMILES string of the molecule is C#Cc1c(F)ccc2cc(O)cc(C3Cc4nc(OCC5(CN6CCOCC6)CC5)nc(N5CCOC[C@H](NC(=O)C=C)C5)c4CO3)c12. The zero-order chi connectivity index (χ0) is 33.3. The number of phenols is 1. The van der Waals surface area contributed by atoms with E-state index in [4.69, 9.17) is 35.3 Å². The van der Waals surface area contributed by atoms with Crippen LogP contribution in [0.2, 0.25) is 0 Å². The van der Waals surface area contributed by atoms with Crippen molar-refractivity contribution in [2.45, 2.75) is 38.0 Å². The van der Waals surface area contributed by atoms with Crippen LogP contribution in [0.4, 0.5) is 10.2 Å². The van der Waals surface area contributed by atoms with Gasteiger partial charge in [-0.1, -0.05) is 18.6 Å². The maximum Gasteiger partial charge on any atom is 0.318 e. The standard InChI is InChI=1S/C36H40FN5O6/c1-3-26-29(37)6-5-23-15-25(43)16-27(33(23)26)31-17-30-28(20-47-31)34(42-11-14-46-19-24(18-42)38-32(44)4-2)40-35(39-30)48-22-36(7-8-36)21-41-9-12-45-13-10-41/h1,4-6,15-16,24,31,43H,2,7-14,17-22H2,(H,38,44)/t24-,31?/m1/s1. The fourth-order valence-corrected chi connectivity index (χ4v) is 6.93. The number of nitrogens with zero attached hydrogens (tertiary/aromatic N) is 4. The minimum atomic E-state index is -0.570. The van der Waals surface area contributed by atoms with Crippen molar-refractivity contribution in [3.63, 3.8) is 0 Å². The minimum Gasteiger partial charge on any atom is -0.508 e. The molecule has 2 atom stereocenters. The molecule has 3 aromatic rings. The maximum absolute atomic E-state index is 14.9. The predicted octanol–water partition coefficient (Wildman–Crippen LogP) is 3.27. The molecule has 2 saturated heterocycles. The Morgan fingerprint density at radius 3 is 2.79 bits per heavy atom. The summed E-state index contributed by atoms with van der Waals surface area (Å²) in [4.78, 5) is 26.5. The number of carbonyl (C=O) groups is 1. The van der Waals surface area contributed by atoms with Crippen LogP contribution in [0.25, 0.3) is 10.8 Å². The highest BCUT2D eigenvalue weighted by atomic mass is 19.1. The van der Waals surface area contributed by atoms with Crippen LogP contribution in [0.5, 0.6) is 11.8 Å². The number of nitrogens with one attached hydrogen (secondary N) is 1. The summed E-state index contributed by atoms with van der Waals surface area (Å²) in [6.45, 7) is 10.3. The maximum atomic E-state index is 14.9. The van der Waals surface area contributed by atoms with Crippen molar-refractivity contribution in [1.82, 2.24) is 20.2 Å². The molecule has 252 valence electrons. The normalized spacial score (nSPS) is 22.3. The number of aromatic hydroxyl groups is 1. The van der Waals surface area contributed by atoms with E-state index in [2.05, 4.69) is 27.6 Å². The largest absolute Gasteiger partial charge is 0.508 e. The summed E-state index contributed by atoms with van der Waals surface area (Å²) in [6.07, 6.45) is 8.90. The molecule has 0 radical (unpaired) electrons. The molecule has 3 aliphatic heterocycles. The molecular weight excluding hydrogens is 617 g/mol. The van der Waals surface area contributed by atoms with Crippen molar-refractivity contribution in [2.75, 3.05) is 70.7 Å². The number of hydrogen-bond donors (Lipinski definition) is 2. The monoisotopic (exact) mass is 657 g/mol. The summed E-state index contributed by atoms with van der Waals surface area (Å²) >= 11 is 0. The molecule has 1 saturated carbocycles. The van der Waals surface area contributed by atoms with Crippen LogP contribution < -0.4 is 15.0 Å². The molecular formula is C36H40FN5O6. The van der Waals surface area contributed by atoms with Gasteiger partial charge in [-0.25, -0.2) is 4.39 Å². The number of aromatic nitrogens is 2. The Morgan fingerprint density at radius 2 is 2.02 bits per heavy atom. The van der Waals surface area contributed by atoms with Gasteiger partial charge in [-0.3, -0.25) is 9.69 Å². The molecule has 1 aliphatic carbocycles. The first-order valence-corrected chi connectivity index (χ1v) is 16.5. The molecule has 0 bridgehead atoms. The van der Waals surface area contributed by atoms with Crippen LogP contribution >= 0.6 is 0 Å². The number of fused-ring (bicyclic) bond motifs is 2. The lowest BCUT2D eigenvalue weighted by atomic mass is 9.91. The fourth-order valence-electron chi connectivity index (χ4n) is 6.93. The van der Waals surface area contributed by atoms with Gasteiger partial charge in [-0.2, -0.15) is 9.97 Å². The van der Waals surface area contributed by atoms with Crippen molar-refractivity contribution < 1.29 is 33.2 Å². The van der Waals surface area contributed by atoms with Gasteiger partial charge in [0.25, 0.3) is 0 Å². The molecule has 0 spiro atoms. The van der Waals surface area contributed by atoms with Gasteiger partial charge in [0.1, 0.15) is 17.4 Å². The van der Waals surface area contributed by atoms with Crippen molar-refractivity contribution in [1.29, 1.82) is 0 Å². The second kappa shape index (κ2) is 13.7. The summed E-state index contributed by atoms with van der Waals surface area (Å²) in [5.74, 6) is 2.39. The lowest BCUT2D eigenvalue weighted by Crippen LogP contribution is -2.45. The molecule has 4 aliphatic rings. The minimum absolute atomic E-state index is 0.0288. The number of phenolic OH excluding ortho intramolecular Hbond substituents is 1. The number of hydrogen-bond acceptors (Lipinski definition) is 10. The molecule has 1 aromatic heterocycles. The van der Waals surface area contributed by atoms with E-state index in [1.54, 1.807) is 18.2 Å². The third kappa shape index (κ3) is 6.82. The number of ether oxygens (including phenoxy) is 4. The number of terminal acetylenes is 1. The Labute approximate surface area is 279 Å². The van der Waals surface area contributed by atoms with E-state index in [0.717, 1.165) is 56.9 Å². The number of halogens is 1. The van der Waals surface area contributed by atoms with Crippen LogP contribution in [0.1, 0.15) is 41.3 Å². The Balaban J connectivity index is 1.22. The van der Waals surface area contributed by atoms with Gasteiger partial charge < -0.3 is 34.3 Å². The van der Waals surface area contributed by atoms with Gasteiger partial charge in [0, 0.05) is 55.5 Å². The van der Waals surface area contributed by atoms with Crippen molar-refractivity contribution in [3.8, 4) is 24.1 Å². The van der Waals surface area contributed by atoms with E-state index in [1.807, 2.05) is 0 Å². The van der Waals surface area contributed by atoms with Gasteiger partial charge in [0.05, 0.1) is 63.0 Å². The fraction of sp³-hybridized carbons (Fsp3) is 0.472. The molecule has 2 N–H and O–H groups in total. The molecule has 1 amide bonds. The number of rotatable bonds is 9. The van der Waals surface area contributed by atoms with E-state index in [9.17, 15) is 14.3 Å². The van der Waals surface area contributed by atoms with Gasteiger partial charge >= 0.3 is 6.01 Å². The van der Waals surface area contributed by atoms with Crippen LogP contribution in [0, 0.1) is 23.6 Å². The Kier molecular flexibility index (Phi) is 9.20. The molecule has 4 heterocycles. The van der Waals surface area contributed by atoms with E-state index in [0.29, 0.717) is 61.5 Å². The van der Waals surface area contributed by atoms with Gasteiger partial charge in [-0.15, -0.1) is 6.42 Å². The third-order valence-electron chi connectivity index (χ3n) is 9.66. The van der Waals surface area contributed by atoms with E-state index >= 15 is 0 Å². The average molecular weight is 658 g/mol. The second-order valence-corrected chi connectivity index (χ2v) is 13.1. The summed E-state index contributed by atoms with van der Waals surface area (Å²) < 4.78 is 39.1. The number of carbonyl (C=O) groups excluding carboxylic acids is 1. The van der Waals surface area contributed by atoms with Crippen LogP contribution in [0.3, 0.4) is 0 Å². The second-order valence-electron chi connectivity index (χ2n) is 13.1. The zero-order valence-corrected chi connectivity index (χ0v) is 26.9. The predicted molar refractivity (Wildman–Crippen MR) is 176 cm³/mol. The number of morpholine rings is 1. The summed E-state index contributed by atoms with van der Waals surface area (Å²) in [6, 6.07) is 6.04. The van der Waals surface area contributed by atoms with Gasteiger partial charge in [-0.05, 0) is 48.1 Å². The number of benzene rings is 2. The number of amides is 1. The first-order valence-electron chi connectivity index (χ1n) is 16.5. The van der Waals surface area contributed by atoms with Crippen molar-refractivity contribution in [3.05, 3.63) is 65.1 Å². The van der Waals surface area contributed by atoms with Crippen LogP contribution in [-0.2, 0) is 32.0 Å². The Bertz CT molecular complexity index is 1750. The topological polar surface area (TPSA) is 119 Å².